The number of rotatable bonds is 13. The minimum Gasteiger partial charge on any atom is -0.395 e. The van der Waals surface area contributed by atoms with Crippen molar-refractivity contribution in [2.24, 2.45) is 16.1 Å². The maximum Gasteiger partial charge on any atom is 0.405 e. The van der Waals surface area contributed by atoms with Crippen molar-refractivity contribution in [1.82, 2.24) is 14.6 Å². The third-order valence-corrected chi connectivity index (χ3v) is 9.71. The number of aliphatic imine (C=N–C) groups is 1. The summed E-state index contributed by atoms with van der Waals surface area (Å²) in [6.45, 7) is 3.81. The summed E-state index contributed by atoms with van der Waals surface area (Å²) in [5, 5.41) is 34.1. The second-order valence-electron chi connectivity index (χ2n) is 10.8. The molecule has 2 aliphatic heterocycles. The fraction of sp³-hybridized carbons (Fsp3) is 0.538. The smallest absolute Gasteiger partial charge is 0.395 e. The molecule has 5 atom stereocenters. The molecule has 0 saturated carbocycles. The molecule has 1 aromatic heterocycles. The van der Waals surface area contributed by atoms with Crippen molar-refractivity contribution in [3.05, 3.63) is 47.9 Å². The molecule has 1 fully saturated rings. The van der Waals surface area contributed by atoms with Crippen LogP contribution in [-0.2, 0) is 29.7 Å². The number of carbonyl (C=O) groups excluding carboxylic acids is 2. The van der Waals surface area contributed by atoms with Gasteiger partial charge in [0.15, 0.2) is 28.6 Å². The zero-order valence-corrected chi connectivity index (χ0v) is 25.2. The lowest BCUT2D eigenvalue weighted by Crippen LogP contribution is -2.46. The van der Waals surface area contributed by atoms with Crippen molar-refractivity contribution < 1.29 is 43.3 Å². The summed E-state index contributed by atoms with van der Waals surface area (Å²) in [7, 11) is -4.03. The standard InChI is InChI=1S/C26H36N5O9PS/c1-25(2,14-32)24(35)42-10-9-38-41(37,29-12-16-7-5-4-6-8-16)39-13-18-26(3,36)21(34)23(40-18)31-15-28-20-17(33)11-19(27)30-22(20)31/h4-8,15,18,21,23,32,34,36H,9-14H2,1-3H3,(H2,27,30)(H,29,37)/t18-,21?,23-,26-,41?/m1/s1. The minimum absolute atomic E-state index is 0.0704. The highest BCUT2D eigenvalue weighted by Crippen LogP contribution is 2.47. The van der Waals surface area contributed by atoms with Crippen LogP contribution >= 0.6 is 19.5 Å². The highest BCUT2D eigenvalue weighted by atomic mass is 32.2. The van der Waals surface area contributed by atoms with E-state index in [1.54, 1.807) is 13.8 Å². The van der Waals surface area contributed by atoms with E-state index >= 15 is 0 Å². The number of benzene rings is 1. The SMILES string of the molecule is CC(C)(CO)C(=O)SCCOP(=O)(NCc1ccccc1)OC[C@H]1O[C@@H](n2cnc3c2N=C(N)CC3=O)C(O)[C@]1(C)O. The molecule has 1 aromatic carbocycles. The number of aromatic nitrogens is 2. The number of hydrogen-bond acceptors (Lipinski definition) is 13. The van der Waals surface area contributed by atoms with Crippen LogP contribution in [0.1, 0.15) is 49.5 Å². The van der Waals surface area contributed by atoms with Crippen LogP contribution in [0.15, 0.2) is 41.7 Å². The average molecular weight is 626 g/mol. The van der Waals surface area contributed by atoms with E-state index in [9.17, 15) is 29.5 Å². The van der Waals surface area contributed by atoms with Gasteiger partial charge in [-0.2, -0.15) is 0 Å². The van der Waals surface area contributed by atoms with Gasteiger partial charge >= 0.3 is 7.75 Å². The Labute approximate surface area is 247 Å². The molecule has 6 N–H and O–H groups in total. The number of ketones is 1. The molecule has 14 nitrogen and oxygen atoms in total. The number of nitrogens with one attached hydrogen (secondary N) is 1. The zero-order chi connectivity index (χ0) is 30.7. The first-order valence-corrected chi connectivity index (χ1v) is 15.8. The molecule has 0 bridgehead atoms. The van der Waals surface area contributed by atoms with E-state index < -0.39 is 43.8 Å². The second kappa shape index (κ2) is 13.0. The fourth-order valence-electron chi connectivity index (χ4n) is 4.19. The Hall–Kier alpha value is -2.46. The van der Waals surface area contributed by atoms with Crippen LogP contribution in [-0.4, -0.2) is 85.0 Å². The Balaban J connectivity index is 1.45. The molecular weight excluding hydrogens is 589 g/mol. The topological polar surface area (TPSA) is 208 Å². The molecule has 2 unspecified atom stereocenters. The average Bonchev–Trinajstić information content (AvgIpc) is 3.47. The van der Waals surface area contributed by atoms with Crippen molar-refractivity contribution in [2.75, 3.05) is 25.6 Å². The molecule has 0 aliphatic carbocycles. The normalized spacial score (nSPS) is 25.6. The number of aliphatic hydroxyl groups excluding tert-OH is 2. The lowest BCUT2D eigenvalue weighted by molar-refractivity contribution is -0.119. The van der Waals surface area contributed by atoms with Gasteiger partial charge in [-0.25, -0.2) is 19.6 Å². The van der Waals surface area contributed by atoms with Crippen LogP contribution < -0.4 is 10.8 Å². The summed E-state index contributed by atoms with van der Waals surface area (Å²) in [5.41, 5.74) is 3.84. The van der Waals surface area contributed by atoms with Crippen molar-refractivity contribution in [3.8, 4) is 0 Å². The summed E-state index contributed by atoms with van der Waals surface area (Å²) in [6, 6.07) is 9.12. The maximum absolute atomic E-state index is 13.7. The van der Waals surface area contributed by atoms with Gasteiger partial charge < -0.3 is 25.8 Å². The molecule has 2 aliphatic rings. The largest absolute Gasteiger partial charge is 0.405 e. The fourth-order valence-corrected chi connectivity index (χ4v) is 6.41. The predicted molar refractivity (Wildman–Crippen MR) is 154 cm³/mol. The monoisotopic (exact) mass is 625 g/mol. The van der Waals surface area contributed by atoms with Gasteiger partial charge in [0.1, 0.15) is 23.6 Å². The van der Waals surface area contributed by atoms with Crippen molar-refractivity contribution in [3.63, 3.8) is 0 Å². The van der Waals surface area contributed by atoms with Gasteiger partial charge in [0.05, 0.1) is 38.0 Å². The van der Waals surface area contributed by atoms with Gasteiger partial charge in [-0.3, -0.25) is 23.2 Å². The Morgan fingerprint density at radius 3 is 2.74 bits per heavy atom. The predicted octanol–water partition coefficient (Wildman–Crippen LogP) is 1.68. The number of nitrogens with two attached hydrogens (primary N) is 1. The molecule has 0 radical (unpaired) electrons. The van der Waals surface area contributed by atoms with E-state index in [-0.39, 0.29) is 60.2 Å². The van der Waals surface area contributed by atoms with E-state index in [1.807, 2.05) is 30.3 Å². The summed E-state index contributed by atoms with van der Waals surface area (Å²) < 4.78 is 32.3. The van der Waals surface area contributed by atoms with Crippen LogP contribution in [0, 0.1) is 5.41 Å². The van der Waals surface area contributed by atoms with Gasteiger partial charge in [-0.15, -0.1) is 0 Å². The maximum atomic E-state index is 13.7. The van der Waals surface area contributed by atoms with Crippen LogP contribution in [0.4, 0.5) is 5.82 Å². The number of thioether (sulfide) groups is 1. The third-order valence-electron chi connectivity index (χ3n) is 6.96. The highest BCUT2D eigenvalue weighted by Gasteiger charge is 2.54. The molecule has 3 heterocycles. The molecule has 0 spiro atoms. The van der Waals surface area contributed by atoms with Crippen molar-refractivity contribution >= 4 is 42.1 Å². The first kappa shape index (κ1) is 32.5. The number of fused-ring (bicyclic) bond motifs is 1. The van der Waals surface area contributed by atoms with Crippen LogP contribution in [0.3, 0.4) is 0 Å². The Kier molecular flexibility index (Phi) is 10.1. The number of aliphatic hydroxyl groups is 3. The molecule has 16 heteroatoms. The summed E-state index contributed by atoms with van der Waals surface area (Å²) in [6.07, 6.45) is -2.71. The minimum atomic E-state index is -4.03. The number of ether oxygens (including phenoxy) is 1. The molecule has 0 amide bonds. The van der Waals surface area contributed by atoms with Crippen LogP contribution in [0.25, 0.3) is 0 Å². The van der Waals surface area contributed by atoms with Gasteiger partial charge in [-0.05, 0) is 26.3 Å². The van der Waals surface area contributed by atoms with E-state index in [2.05, 4.69) is 15.1 Å². The van der Waals surface area contributed by atoms with Gasteiger partial charge in [0.2, 0.25) is 0 Å². The molecule has 4 rings (SSSR count). The molecule has 230 valence electrons. The number of carbonyl (C=O) groups is 2. The van der Waals surface area contributed by atoms with Crippen molar-refractivity contribution in [2.45, 2.75) is 57.8 Å². The number of Topliss-reactive ketones (excluding diaryl/α,β-unsaturated/α-hetero) is 1. The Bertz CT molecular complexity index is 1370. The highest BCUT2D eigenvalue weighted by molar-refractivity contribution is 8.13. The second-order valence-corrected chi connectivity index (χ2v) is 13.7. The molecule has 1 saturated heterocycles. The Morgan fingerprint density at radius 1 is 1.33 bits per heavy atom. The number of amidine groups is 1. The molecule has 2 aromatic rings. The van der Waals surface area contributed by atoms with Crippen LogP contribution in [0.5, 0.6) is 0 Å². The summed E-state index contributed by atoms with van der Waals surface area (Å²) >= 11 is 0.939. The number of hydrogen-bond donors (Lipinski definition) is 5. The Morgan fingerprint density at radius 2 is 2.05 bits per heavy atom. The zero-order valence-electron chi connectivity index (χ0n) is 23.5. The third kappa shape index (κ3) is 7.18. The van der Waals surface area contributed by atoms with E-state index in [0.29, 0.717) is 0 Å². The van der Waals surface area contributed by atoms with Gasteiger partial charge in [0, 0.05) is 12.3 Å². The van der Waals surface area contributed by atoms with Crippen LogP contribution in [0.2, 0.25) is 0 Å². The number of imidazole rings is 1. The summed E-state index contributed by atoms with van der Waals surface area (Å²) in [5.74, 6) is -0.0107. The molecule has 42 heavy (non-hydrogen) atoms. The summed E-state index contributed by atoms with van der Waals surface area (Å²) in [4.78, 5) is 32.8. The number of nitrogens with zero attached hydrogens (tertiary/aromatic N) is 3. The van der Waals surface area contributed by atoms with E-state index in [1.165, 1.54) is 17.8 Å². The van der Waals surface area contributed by atoms with Gasteiger partial charge in [0.25, 0.3) is 0 Å². The first-order valence-electron chi connectivity index (χ1n) is 13.2. The quantitative estimate of drug-likeness (QED) is 0.159. The first-order chi connectivity index (χ1) is 19.8. The lowest BCUT2D eigenvalue weighted by atomic mass is 9.95. The van der Waals surface area contributed by atoms with E-state index in [4.69, 9.17) is 19.5 Å². The molecular formula is C26H36N5O9PS. The lowest BCUT2D eigenvalue weighted by Gasteiger charge is -2.28. The van der Waals surface area contributed by atoms with Crippen molar-refractivity contribution in [1.29, 1.82) is 0 Å². The van der Waals surface area contributed by atoms with Gasteiger partial charge in [-0.1, -0.05) is 42.1 Å². The van der Waals surface area contributed by atoms with E-state index in [0.717, 1.165) is 17.3 Å².